The van der Waals surface area contributed by atoms with Gasteiger partial charge in [0.25, 0.3) is 0 Å². The molecule has 2 rings (SSSR count). The van der Waals surface area contributed by atoms with Gasteiger partial charge in [-0.3, -0.25) is 4.99 Å². The minimum absolute atomic E-state index is 0.527. The summed E-state index contributed by atoms with van der Waals surface area (Å²) in [6.07, 6.45) is 4.35. The van der Waals surface area contributed by atoms with Crippen molar-refractivity contribution in [2.45, 2.75) is 13.8 Å². The molecular formula is C11H16BrN3. The van der Waals surface area contributed by atoms with Crippen molar-refractivity contribution in [2.75, 3.05) is 13.1 Å². The maximum atomic E-state index is 4.31. The number of nitrogens with one attached hydrogen (secondary N) is 2. The van der Waals surface area contributed by atoms with Crippen LogP contribution in [-0.2, 0) is 0 Å². The second kappa shape index (κ2) is 4.39. The highest BCUT2D eigenvalue weighted by Crippen LogP contribution is 2.32. The molecule has 0 aromatic rings. The molecule has 0 saturated heterocycles. The molecule has 0 bridgehead atoms. The number of hydrogen-bond donors (Lipinski definition) is 2. The maximum absolute atomic E-state index is 4.31. The Morgan fingerprint density at radius 3 is 3.00 bits per heavy atom. The van der Waals surface area contributed by atoms with E-state index in [0.29, 0.717) is 11.8 Å². The Bertz CT molecular complexity index is 344. The van der Waals surface area contributed by atoms with E-state index in [2.05, 4.69) is 57.6 Å². The highest BCUT2D eigenvalue weighted by atomic mass is 79.9. The molecule has 15 heavy (non-hydrogen) atoms. The van der Waals surface area contributed by atoms with Crippen LogP contribution in [0.25, 0.3) is 0 Å². The summed E-state index contributed by atoms with van der Waals surface area (Å²) in [6.45, 7) is 6.25. The molecule has 4 heteroatoms. The van der Waals surface area contributed by atoms with Crippen molar-refractivity contribution in [1.82, 2.24) is 10.6 Å². The molecule has 0 radical (unpaired) electrons. The first-order chi connectivity index (χ1) is 7.18. The van der Waals surface area contributed by atoms with Gasteiger partial charge in [0, 0.05) is 11.0 Å². The largest absolute Gasteiger partial charge is 0.354 e. The molecule has 1 aliphatic carbocycles. The van der Waals surface area contributed by atoms with Gasteiger partial charge in [0.1, 0.15) is 0 Å². The van der Waals surface area contributed by atoms with Crippen molar-refractivity contribution in [3.63, 3.8) is 0 Å². The first-order valence-corrected chi connectivity index (χ1v) is 6.11. The summed E-state index contributed by atoms with van der Waals surface area (Å²) in [5.41, 5.74) is 1.12. The van der Waals surface area contributed by atoms with Crippen LogP contribution in [0.1, 0.15) is 13.8 Å². The molecule has 0 spiro atoms. The van der Waals surface area contributed by atoms with E-state index in [-0.39, 0.29) is 0 Å². The molecule has 0 aromatic carbocycles. The summed E-state index contributed by atoms with van der Waals surface area (Å²) in [5, 5.41) is 6.50. The van der Waals surface area contributed by atoms with Crippen molar-refractivity contribution in [3.05, 3.63) is 22.3 Å². The molecule has 1 heterocycles. The van der Waals surface area contributed by atoms with Crippen LogP contribution in [0.2, 0.25) is 0 Å². The lowest BCUT2D eigenvalue weighted by molar-refractivity contribution is 0.539. The predicted octanol–water partition coefficient (Wildman–Crippen LogP) is 1.98. The molecule has 2 unspecified atom stereocenters. The number of halogens is 1. The van der Waals surface area contributed by atoms with E-state index in [0.717, 1.165) is 24.7 Å². The third kappa shape index (κ3) is 2.25. The summed E-state index contributed by atoms with van der Waals surface area (Å²) in [5.74, 6) is 2.00. The molecule has 2 N–H and O–H groups in total. The number of aliphatic imine (C=N–C) groups is 1. The molecule has 0 saturated carbocycles. The lowest BCUT2D eigenvalue weighted by Crippen LogP contribution is -2.34. The average molecular weight is 270 g/mol. The van der Waals surface area contributed by atoms with Gasteiger partial charge in [0.05, 0.1) is 12.2 Å². The number of rotatable bonds is 1. The molecule has 3 nitrogen and oxygen atoms in total. The lowest BCUT2D eigenvalue weighted by Gasteiger charge is -2.24. The summed E-state index contributed by atoms with van der Waals surface area (Å²) < 4.78 is 1.23. The van der Waals surface area contributed by atoms with Gasteiger partial charge in [0.15, 0.2) is 5.96 Å². The molecule has 1 aliphatic heterocycles. The maximum Gasteiger partial charge on any atom is 0.195 e. The molecule has 2 atom stereocenters. The lowest BCUT2D eigenvalue weighted by atomic mass is 9.90. The van der Waals surface area contributed by atoms with Crippen molar-refractivity contribution in [1.29, 1.82) is 0 Å². The standard InChI is InChI=1S/C11H16BrN3/c1-7-3-4-9(10(12)8(7)2)15-11-13-5-6-14-11/h3-4,7-8H,5-6H2,1-2H3,(H2,13,14,15). The summed E-state index contributed by atoms with van der Waals surface area (Å²) in [4.78, 5) is 4.31. The topological polar surface area (TPSA) is 36.4 Å². The normalized spacial score (nSPS) is 30.2. The van der Waals surface area contributed by atoms with E-state index in [9.17, 15) is 0 Å². The van der Waals surface area contributed by atoms with Gasteiger partial charge in [-0.1, -0.05) is 35.9 Å². The van der Waals surface area contributed by atoms with Gasteiger partial charge in [-0.25, -0.2) is 0 Å². The fourth-order valence-electron chi connectivity index (χ4n) is 1.68. The quantitative estimate of drug-likeness (QED) is 0.764. The third-order valence-electron chi connectivity index (χ3n) is 2.94. The van der Waals surface area contributed by atoms with E-state index in [1.165, 1.54) is 4.48 Å². The number of hydrogen-bond acceptors (Lipinski definition) is 3. The highest BCUT2D eigenvalue weighted by Gasteiger charge is 2.20. The fourth-order valence-corrected chi connectivity index (χ4v) is 2.33. The van der Waals surface area contributed by atoms with E-state index in [1.54, 1.807) is 0 Å². The minimum Gasteiger partial charge on any atom is -0.354 e. The fraction of sp³-hybridized carbons (Fsp3) is 0.545. The Morgan fingerprint density at radius 1 is 1.53 bits per heavy atom. The molecule has 0 amide bonds. The SMILES string of the molecule is CC1C=CC(NC2=NCCN2)=C(Br)C1C. The van der Waals surface area contributed by atoms with E-state index in [1.807, 2.05) is 0 Å². The summed E-state index contributed by atoms with van der Waals surface area (Å²) in [6, 6.07) is 0. The molecule has 0 fully saturated rings. The molecule has 2 aliphatic rings. The minimum atomic E-state index is 0.527. The molecular weight excluding hydrogens is 254 g/mol. The zero-order valence-corrected chi connectivity index (χ0v) is 10.6. The highest BCUT2D eigenvalue weighted by molar-refractivity contribution is 9.11. The zero-order chi connectivity index (χ0) is 10.8. The Labute approximate surface area is 98.9 Å². The number of allylic oxidation sites excluding steroid dienone is 3. The van der Waals surface area contributed by atoms with Crippen molar-refractivity contribution in [2.24, 2.45) is 16.8 Å². The van der Waals surface area contributed by atoms with Gasteiger partial charge in [0.2, 0.25) is 0 Å². The first-order valence-electron chi connectivity index (χ1n) is 5.31. The van der Waals surface area contributed by atoms with Crippen LogP contribution in [0.15, 0.2) is 27.3 Å². The Kier molecular flexibility index (Phi) is 3.14. The third-order valence-corrected chi connectivity index (χ3v) is 4.09. The first kappa shape index (κ1) is 10.7. The van der Waals surface area contributed by atoms with Crippen LogP contribution < -0.4 is 10.6 Å². The van der Waals surface area contributed by atoms with Crippen LogP contribution in [0.4, 0.5) is 0 Å². The number of nitrogens with zero attached hydrogens (tertiary/aromatic N) is 1. The van der Waals surface area contributed by atoms with Crippen molar-refractivity contribution >= 4 is 21.9 Å². The smallest absolute Gasteiger partial charge is 0.195 e. The van der Waals surface area contributed by atoms with Crippen LogP contribution in [0, 0.1) is 11.8 Å². The van der Waals surface area contributed by atoms with Crippen LogP contribution in [0.5, 0.6) is 0 Å². The van der Waals surface area contributed by atoms with Gasteiger partial charge < -0.3 is 10.6 Å². The van der Waals surface area contributed by atoms with Crippen molar-refractivity contribution < 1.29 is 0 Å². The van der Waals surface area contributed by atoms with Crippen LogP contribution in [-0.4, -0.2) is 19.0 Å². The monoisotopic (exact) mass is 269 g/mol. The van der Waals surface area contributed by atoms with Gasteiger partial charge >= 0.3 is 0 Å². The average Bonchev–Trinajstić information content (AvgIpc) is 2.72. The van der Waals surface area contributed by atoms with Crippen LogP contribution >= 0.6 is 15.9 Å². The Hall–Kier alpha value is -0.770. The number of guanidine groups is 1. The van der Waals surface area contributed by atoms with Crippen LogP contribution in [0.3, 0.4) is 0 Å². The second-order valence-corrected chi connectivity index (χ2v) is 4.90. The van der Waals surface area contributed by atoms with E-state index < -0.39 is 0 Å². The van der Waals surface area contributed by atoms with Gasteiger partial charge in [-0.05, 0) is 17.9 Å². The second-order valence-electron chi connectivity index (χ2n) is 4.05. The summed E-state index contributed by atoms with van der Waals surface area (Å²) in [7, 11) is 0. The Morgan fingerprint density at radius 2 is 2.33 bits per heavy atom. The summed E-state index contributed by atoms with van der Waals surface area (Å²) >= 11 is 3.65. The molecule has 82 valence electrons. The predicted molar refractivity (Wildman–Crippen MR) is 66.9 cm³/mol. The van der Waals surface area contributed by atoms with E-state index in [4.69, 9.17) is 0 Å². The van der Waals surface area contributed by atoms with E-state index >= 15 is 0 Å². The Balaban J connectivity index is 2.11. The zero-order valence-electron chi connectivity index (χ0n) is 9.05. The molecule has 0 aromatic heterocycles. The van der Waals surface area contributed by atoms with Crippen molar-refractivity contribution in [3.8, 4) is 0 Å². The van der Waals surface area contributed by atoms with Gasteiger partial charge in [-0.2, -0.15) is 0 Å². The van der Waals surface area contributed by atoms with Gasteiger partial charge in [-0.15, -0.1) is 0 Å².